The fourth-order valence-corrected chi connectivity index (χ4v) is 10.2. The van der Waals surface area contributed by atoms with Crippen molar-refractivity contribution in [2.24, 2.45) is 0 Å². The van der Waals surface area contributed by atoms with Crippen LogP contribution in [0.15, 0.2) is 186 Å². The zero-order valence-electron chi connectivity index (χ0n) is 34.1. The molecule has 0 saturated carbocycles. The van der Waals surface area contributed by atoms with E-state index in [1.54, 1.807) is 0 Å². The highest BCUT2D eigenvalue weighted by molar-refractivity contribution is 7.25. The van der Waals surface area contributed by atoms with Gasteiger partial charge in [0, 0.05) is 58.4 Å². The number of aromatic nitrogens is 4. The first-order valence-electron chi connectivity index (χ1n) is 21.2. The summed E-state index contributed by atoms with van der Waals surface area (Å²) in [4.78, 5) is 16.0. The first-order chi connectivity index (χ1) is 30.6. The molecule has 294 valence electrons. The zero-order valence-corrected chi connectivity index (χ0v) is 34.9. The molecule has 9 aromatic carbocycles. The van der Waals surface area contributed by atoms with Crippen LogP contribution >= 0.6 is 11.3 Å². The Morgan fingerprint density at radius 2 is 1.06 bits per heavy atom. The van der Waals surface area contributed by atoms with Crippen molar-refractivity contribution < 1.29 is 4.42 Å². The molecule has 0 unspecified atom stereocenters. The van der Waals surface area contributed by atoms with E-state index in [9.17, 15) is 0 Å². The Morgan fingerprint density at radius 1 is 0.452 bits per heavy atom. The SMILES string of the molecule is CCC.c1ccc2cc(-c3nc(-c4ccc5c(c4)oc4ccccc45)nc(-n4c5ccc6ccccc6c5c5cccc(-c6ccc7c(c6)sc6ccccc67)c54)n3)ccc2c1. The Morgan fingerprint density at radius 3 is 1.92 bits per heavy atom. The second-order valence-corrected chi connectivity index (χ2v) is 17.0. The molecule has 13 aromatic rings. The second-order valence-electron chi connectivity index (χ2n) is 15.9. The van der Waals surface area contributed by atoms with Gasteiger partial charge in [0.25, 0.3) is 0 Å². The molecule has 6 heteroatoms. The van der Waals surface area contributed by atoms with Gasteiger partial charge in [0.05, 0.1) is 11.0 Å². The lowest BCUT2D eigenvalue weighted by Crippen LogP contribution is -2.07. The van der Waals surface area contributed by atoms with E-state index in [1.165, 1.54) is 42.8 Å². The van der Waals surface area contributed by atoms with Gasteiger partial charge in [-0.3, -0.25) is 4.57 Å². The van der Waals surface area contributed by atoms with Gasteiger partial charge in [0.15, 0.2) is 11.6 Å². The van der Waals surface area contributed by atoms with Gasteiger partial charge in [-0.05, 0) is 69.6 Å². The van der Waals surface area contributed by atoms with Gasteiger partial charge in [-0.25, -0.2) is 4.98 Å². The summed E-state index contributed by atoms with van der Waals surface area (Å²) in [6, 6.07) is 64.5. The van der Waals surface area contributed by atoms with Gasteiger partial charge < -0.3 is 4.42 Å². The summed E-state index contributed by atoms with van der Waals surface area (Å²) < 4.78 is 11.2. The van der Waals surface area contributed by atoms with E-state index >= 15 is 0 Å². The molecular formula is C56H38N4OS. The third-order valence-electron chi connectivity index (χ3n) is 11.8. The molecule has 0 spiro atoms. The van der Waals surface area contributed by atoms with Crippen molar-refractivity contribution in [2.75, 3.05) is 0 Å². The molecule has 0 aliphatic carbocycles. The molecule has 4 heterocycles. The molecule has 0 saturated heterocycles. The molecule has 4 aromatic heterocycles. The molecule has 62 heavy (non-hydrogen) atoms. The third kappa shape index (κ3) is 5.79. The molecule has 0 N–H and O–H groups in total. The highest BCUT2D eigenvalue weighted by Gasteiger charge is 2.23. The van der Waals surface area contributed by atoms with E-state index in [2.05, 4.69) is 182 Å². The highest BCUT2D eigenvalue weighted by atomic mass is 32.1. The minimum Gasteiger partial charge on any atom is -0.456 e. The van der Waals surface area contributed by atoms with Crippen molar-refractivity contribution in [3.05, 3.63) is 182 Å². The lowest BCUT2D eigenvalue weighted by molar-refractivity contribution is 0.669. The van der Waals surface area contributed by atoms with Crippen molar-refractivity contribution in [1.29, 1.82) is 0 Å². The lowest BCUT2D eigenvalue weighted by Gasteiger charge is -2.13. The molecule has 0 atom stereocenters. The predicted octanol–water partition coefficient (Wildman–Crippen LogP) is 16.0. The Hall–Kier alpha value is -7.67. The molecule has 0 radical (unpaired) electrons. The monoisotopic (exact) mass is 814 g/mol. The van der Waals surface area contributed by atoms with Crippen molar-refractivity contribution in [3.63, 3.8) is 0 Å². The number of furan rings is 1. The van der Waals surface area contributed by atoms with E-state index in [0.29, 0.717) is 17.6 Å². The van der Waals surface area contributed by atoms with Gasteiger partial charge in [-0.1, -0.05) is 160 Å². The Kier molecular flexibility index (Phi) is 8.47. The summed E-state index contributed by atoms with van der Waals surface area (Å²) in [5.41, 5.74) is 7.75. The van der Waals surface area contributed by atoms with Crippen LogP contribution in [0.3, 0.4) is 0 Å². The Bertz CT molecular complexity index is 3890. The summed E-state index contributed by atoms with van der Waals surface area (Å²) in [6.07, 6.45) is 1.25. The second kappa shape index (κ2) is 14.5. The quantitative estimate of drug-likeness (QED) is 0.178. The number of nitrogens with zero attached hydrogens (tertiary/aromatic N) is 4. The van der Waals surface area contributed by atoms with Crippen molar-refractivity contribution >= 4 is 96.8 Å². The average Bonchev–Trinajstić information content (AvgIpc) is 4.00. The highest BCUT2D eigenvalue weighted by Crippen LogP contribution is 2.43. The van der Waals surface area contributed by atoms with E-state index in [4.69, 9.17) is 19.4 Å². The van der Waals surface area contributed by atoms with Crippen molar-refractivity contribution in [2.45, 2.75) is 20.3 Å². The van der Waals surface area contributed by atoms with Crippen LogP contribution in [0.4, 0.5) is 0 Å². The fraction of sp³-hybridized carbons (Fsp3) is 0.0536. The van der Waals surface area contributed by atoms with Gasteiger partial charge in [0.2, 0.25) is 5.95 Å². The maximum Gasteiger partial charge on any atom is 0.238 e. The normalized spacial score (nSPS) is 11.8. The number of hydrogen-bond acceptors (Lipinski definition) is 5. The molecule has 0 bridgehead atoms. The maximum absolute atomic E-state index is 6.38. The number of hydrogen-bond donors (Lipinski definition) is 0. The smallest absolute Gasteiger partial charge is 0.238 e. The van der Waals surface area contributed by atoms with Crippen LogP contribution in [0.1, 0.15) is 20.3 Å². The number of rotatable bonds is 4. The van der Waals surface area contributed by atoms with Crippen molar-refractivity contribution in [1.82, 2.24) is 19.5 Å². The van der Waals surface area contributed by atoms with E-state index in [1.807, 2.05) is 29.5 Å². The maximum atomic E-state index is 6.38. The standard InChI is InChI=1S/C53H30N4OS.C3H8/c1-2-12-33-28-35(21-20-31(33)10-1)51-54-52(36-23-25-40-39-14-5-7-18-45(39)58-46(40)29-36)56-53(55-51)57-44-27-24-32-11-3-4-13-37(32)49(44)43-17-9-16-38(50(43)57)34-22-26-42-41-15-6-8-19-47(41)59-48(42)30-34;1-3-2/h1-30H;3H2,1-2H3. The fourth-order valence-electron chi connectivity index (χ4n) is 9.09. The van der Waals surface area contributed by atoms with Gasteiger partial charge in [-0.2, -0.15) is 9.97 Å². The van der Waals surface area contributed by atoms with E-state index in [0.717, 1.165) is 71.4 Å². The van der Waals surface area contributed by atoms with E-state index < -0.39 is 0 Å². The largest absolute Gasteiger partial charge is 0.456 e. The van der Waals surface area contributed by atoms with Crippen LogP contribution in [0.25, 0.3) is 125 Å². The summed E-state index contributed by atoms with van der Waals surface area (Å²) in [7, 11) is 0. The number of thiophene rings is 1. The number of para-hydroxylation sites is 2. The van der Waals surface area contributed by atoms with Gasteiger partial charge in [0.1, 0.15) is 11.2 Å². The van der Waals surface area contributed by atoms with Crippen LogP contribution < -0.4 is 0 Å². The summed E-state index contributed by atoms with van der Waals surface area (Å²) in [5.74, 6) is 1.72. The van der Waals surface area contributed by atoms with E-state index in [-0.39, 0.29) is 0 Å². The molecule has 0 aliphatic rings. The predicted molar refractivity (Wildman–Crippen MR) is 262 cm³/mol. The van der Waals surface area contributed by atoms with Crippen molar-refractivity contribution in [3.8, 4) is 39.9 Å². The number of fused-ring (bicyclic) bond motifs is 12. The van der Waals surface area contributed by atoms with Crippen LogP contribution in [-0.4, -0.2) is 19.5 Å². The lowest BCUT2D eigenvalue weighted by atomic mass is 9.99. The molecule has 13 rings (SSSR count). The zero-order chi connectivity index (χ0) is 41.3. The molecule has 0 aliphatic heterocycles. The summed E-state index contributed by atoms with van der Waals surface area (Å²) in [6.45, 7) is 4.25. The van der Waals surface area contributed by atoms with Crippen LogP contribution in [0, 0.1) is 0 Å². The first kappa shape index (κ1) is 36.2. The van der Waals surface area contributed by atoms with Gasteiger partial charge in [-0.15, -0.1) is 11.3 Å². The number of benzene rings is 9. The van der Waals surface area contributed by atoms with Crippen LogP contribution in [-0.2, 0) is 0 Å². The Balaban J connectivity index is 0.00000133. The average molecular weight is 815 g/mol. The summed E-state index contributed by atoms with van der Waals surface area (Å²) in [5, 5.41) is 11.7. The molecular weight excluding hydrogens is 777 g/mol. The van der Waals surface area contributed by atoms with Crippen LogP contribution in [0.5, 0.6) is 0 Å². The first-order valence-corrected chi connectivity index (χ1v) is 22.0. The van der Waals surface area contributed by atoms with Crippen LogP contribution in [0.2, 0.25) is 0 Å². The minimum absolute atomic E-state index is 0.550. The molecule has 0 fully saturated rings. The Labute approximate surface area is 361 Å². The van der Waals surface area contributed by atoms with Gasteiger partial charge >= 0.3 is 0 Å². The molecule has 5 nitrogen and oxygen atoms in total. The summed E-state index contributed by atoms with van der Waals surface area (Å²) >= 11 is 1.84. The molecule has 0 amide bonds. The third-order valence-corrected chi connectivity index (χ3v) is 13.0. The minimum atomic E-state index is 0.550. The topological polar surface area (TPSA) is 56.7 Å².